The smallest absolute Gasteiger partial charge is 0.195 e. The van der Waals surface area contributed by atoms with E-state index in [0.717, 1.165) is 17.1 Å². The van der Waals surface area contributed by atoms with Gasteiger partial charge in [0.05, 0.1) is 14.2 Å². The monoisotopic (exact) mass is 343 g/mol. The van der Waals surface area contributed by atoms with Gasteiger partial charge in [-0.25, -0.2) is 4.98 Å². The predicted octanol–water partition coefficient (Wildman–Crippen LogP) is 2.35. The first-order valence-corrected chi connectivity index (χ1v) is 7.89. The van der Waals surface area contributed by atoms with Gasteiger partial charge in [0.15, 0.2) is 17.5 Å². The van der Waals surface area contributed by atoms with Crippen molar-refractivity contribution in [1.82, 2.24) is 10.3 Å². The molecular formula is C18H25N5O2. The number of hydrogen-bond acceptors (Lipinski definition) is 5. The zero-order valence-electron chi connectivity index (χ0n) is 15.3. The lowest BCUT2D eigenvalue weighted by molar-refractivity contribution is 0.355. The number of ether oxygens (including phenoxy) is 2. The van der Waals surface area contributed by atoms with Gasteiger partial charge < -0.3 is 25.0 Å². The van der Waals surface area contributed by atoms with Gasteiger partial charge in [0.1, 0.15) is 5.82 Å². The van der Waals surface area contributed by atoms with Crippen LogP contribution in [0.15, 0.2) is 41.5 Å². The molecule has 0 saturated carbocycles. The minimum absolute atomic E-state index is 0.635. The third kappa shape index (κ3) is 5.00. The highest BCUT2D eigenvalue weighted by molar-refractivity contribution is 5.93. The topological polar surface area (TPSA) is 71.0 Å². The lowest BCUT2D eigenvalue weighted by Crippen LogP contribution is -2.30. The first-order valence-electron chi connectivity index (χ1n) is 7.89. The summed E-state index contributed by atoms with van der Waals surface area (Å²) in [6.07, 6.45) is 1.80. The van der Waals surface area contributed by atoms with Gasteiger partial charge in [0.25, 0.3) is 0 Å². The van der Waals surface area contributed by atoms with E-state index in [1.807, 2.05) is 49.3 Å². The lowest BCUT2D eigenvalue weighted by atomic mass is 10.2. The van der Waals surface area contributed by atoms with Gasteiger partial charge in [0, 0.05) is 45.6 Å². The number of hydrogen-bond donors (Lipinski definition) is 2. The Balaban J connectivity index is 2.03. The van der Waals surface area contributed by atoms with E-state index in [1.165, 1.54) is 0 Å². The van der Waals surface area contributed by atoms with Crippen molar-refractivity contribution < 1.29 is 9.47 Å². The van der Waals surface area contributed by atoms with Gasteiger partial charge >= 0.3 is 0 Å². The summed E-state index contributed by atoms with van der Waals surface area (Å²) in [5.41, 5.74) is 1.98. The van der Waals surface area contributed by atoms with Crippen LogP contribution in [0.4, 0.5) is 11.5 Å². The van der Waals surface area contributed by atoms with Crippen LogP contribution in [0.1, 0.15) is 5.56 Å². The van der Waals surface area contributed by atoms with E-state index in [9.17, 15) is 0 Å². The number of methoxy groups -OCH3 is 2. The zero-order chi connectivity index (χ0) is 18.2. The minimum atomic E-state index is 0.635. The molecule has 0 aliphatic carbocycles. The molecule has 0 fully saturated rings. The summed E-state index contributed by atoms with van der Waals surface area (Å²) in [5, 5.41) is 6.53. The third-order valence-corrected chi connectivity index (χ3v) is 3.60. The Morgan fingerprint density at radius 1 is 1.12 bits per heavy atom. The van der Waals surface area contributed by atoms with E-state index in [-0.39, 0.29) is 0 Å². The molecule has 2 N–H and O–H groups in total. The van der Waals surface area contributed by atoms with E-state index in [0.29, 0.717) is 24.0 Å². The van der Waals surface area contributed by atoms with E-state index in [4.69, 9.17) is 9.47 Å². The fourth-order valence-electron chi connectivity index (χ4n) is 2.23. The maximum atomic E-state index is 5.32. The van der Waals surface area contributed by atoms with Crippen molar-refractivity contribution in [2.45, 2.75) is 6.54 Å². The van der Waals surface area contributed by atoms with Crippen molar-refractivity contribution in [2.75, 3.05) is 45.6 Å². The highest BCUT2D eigenvalue weighted by Gasteiger charge is 2.06. The number of benzene rings is 1. The summed E-state index contributed by atoms with van der Waals surface area (Å²) in [6.45, 7) is 0.635. The Morgan fingerprint density at radius 2 is 1.88 bits per heavy atom. The second-order valence-electron chi connectivity index (χ2n) is 5.54. The quantitative estimate of drug-likeness (QED) is 0.620. The zero-order valence-corrected chi connectivity index (χ0v) is 15.3. The average Bonchev–Trinajstić information content (AvgIpc) is 2.65. The molecular weight excluding hydrogens is 318 g/mol. The number of guanidine groups is 1. The molecule has 1 heterocycles. The molecule has 25 heavy (non-hydrogen) atoms. The summed E-state index contributed by atoms with van der Waals surface area (Å²) in [4.78, 5) is 10.5. The number of aromatic nitrogens is 1. The van der Waals surface area contributed by atoms with Crippen LogP contribution in [-0.4, -0.2) is 46.3 Å². The molecule has 0 spiro atoms. The van der Waals surface area contributed by atoms with Crippen LogP contribution in [0.5, 0.6) is 11.5 Å². The molecule has 0 aliphatic rings. The Bertz CT molecular complexity index is 731. The molecule has 0 atom stereocenters. The largest absolute Gasteiger partial charge is 0.493 e. The van der Waals surface area contributed by atoms with Crippen LogP contribution < -0.4 is 25.0 Å². The molecule has 0 amide bonds. The maximum Gasteiger partial charge on any atom is 0.195 e. The van der Waals surface area contributed by atoms with Crippen molar-refractivity contribution in [3.8, 4) is 11.5 Å². The highest BCUT2D eigenvalue weighted by atomic mass is 16.5. The standard InChI is InChI=1S/C18H25N5O2/c1-19-18(21-12-13-8-9-20-17(10-13)23(2)3)22-14-6-7-15(24-4)16(11-14)25-5/h6-11H,12H2,1-5H3,(H2,19,21,22). The van der Waals surface area contributed by atoms with Crippen LogP contribution in [0, 0.1) is 0 Å². The lowest BCUT2D eigenvalue weighted by Gasteiger charge is -2.15. The van der Waals surface area contributed by atoms with Gasteiger partial charge in [-0.1, -0.05) is 0 Å². The SMILES string of the molecule is CN=C(NCc1ccnc(N(C)C)c1)Nc1ccc(OC)c(OC)c1. The first kappa shape index (κ1) is 18.4. The molecule has 1 aromatic heterocycles. The van der Waals surface area contributed by atoms with Crippen LogP contribution in [0.3, 0.4) is 0 Å². The number of aliphatic imine (C=N–C) groups is 1. The summed E-state index contributed by atoms with van der Waals surface area (Å²) in [5.74, 6) is 2.93. The van der Waals surface area contributed by atoms with Crippen LogP contribution >= 0.6 is 0 Å². The normalized spacial score (nSPS) is 11.0. The fourth-order valence-corrected chi connectivity index (χ4v) is 2.23. The fraction of sp³-hybridized carbons (Fsp3) is 0.333. The second-order valence-corrected chi connectivity index (χ2v) is 5.54. The molecule has 7 nitrogen and oxygen atoms in total. The highest BCUT2D eigenvalue weighted by Crippen LogP contribution is 2.29. The van der Waals surface area contributed by atoms with Crippen molar-refractivity contribution >= 4 is 17.5 Å². The van der Waals surface area contributed by atoms with E-state index in [1.54, 1.807) is 27.5 Å². The predicted molar refractivity (Wildman–Crippen MR) is 102 cm³/mol. The average molecular weight is 343 g/mol. The molecule has 2 rings (SSSR count). The molecule has 0 radical (unpaired) electrons. The molecule has 1 aromatic carbocycles. The molecule has 134 valence electrons. The molecule has 0 aliphatic heterocycles. The number of anilines is 2. The van der Waals surface area contributed by atoms with Gasteiger partial charge in [-0.3, -0.25) is 4.99 Å². The summed E-state index contributed by atoms with van der Waals surface area (Å²) in [7, 11) is 8.89. The summed E-state index contributed by atoms with van der Waals surface area (Å²) >= 11 is 0. The number of rotatable bonds is 6. The van der Waals surface area contributed by atoms with Crippen LogP contribution in [0.25, 0.3) is 0 Å². The third-order valence-electron chi connectivity index (χ3n) is 3.60. The van der Waals surface area contributed by atoms with Gasteiger partial charge in [-0.2, -0.15) is 0 Å². The first-order chi connectivity index (χ1) is 12.1. The van der Waals surface area contributed by atoms with Gasteiger partial charge in [-0.05, 0) is 29.8 Å². The molecule has 2 aromatic rings. The van der Waals surface area contributed by atoms with E-state index < -0.39 is 0 Å². The maximum absolute atomic E-state index is 5.32. The van der Waals surface area contributed by atoms with Gasteiger partial charge in [-0.15, -0.1) is 0 Å². The van der Waals surface area contributed by atoms with E-state index >= 15 is 0 Å². The van der Waals surface area contributed by atoms with Crippen LogP contribution in [-0.2, 0) is 6.54 Å². The number of nitrogens with zero attached hydrogens (tertiary/aromatic N) is 3. The molecule has 0 saturated heterocycles. The van der Waals surface area contributed by atoms with Crippen LogP contribution in [0.2, 0.25) is 0 Å². The molecule has 0 unspecified atom stereocenters. The Kier molecular flexibility index (Phi) is 6.45. The molecule has 7 heteroatoms. The minimum Gasteiger partial charge on any atom is -0.493 e. The summed E-state index contributed by atoms with van der Waals surface area (Å²) in [6, 6.07) is 9.63. The summed E-state index contributed by atoms with van der Waals surface area (Å²) < 4.78 is 10.6. The van der Waals surface area contributed by atoms with E-state index in [2.05, 4.69) is 20.6 Å². The second kappa shape index (κ2) is 8.77. The van der Waals surface area contributed by atoms with Crippen molar-refractivity contribution in [2.24, 2.45) is 4.99 Å². The molecule has 0 bridgehead atoms. The Morgan fingerprint density at radius 3 is 2.52 bits per heavy atom. The van der Waals surface area contributed by atoms with Gasteiger partial charge in [0.2, 0.25) is 0 Å². The van der Waals surface area contributed by atoms with Crippen molar-refractivity contribution in [3.63, 3.8) is 0 Å². The van der Waals surface area contributed by atoms with Crippen molar-refractivity contribution in [1.29, 1.82) is 0 Å². The Labute approximate surface area is 148 Å². The number of nitrogens with one attached hydrogen (secondary N) is 2. The Hall–Kier alpha value is -2.96. The van der Waals surface area contributed by atoms with Crippen molar-refractivity contribution in [3.05, 3.63) is 42.1 Å². The number of pyridine rings is 1.